The van der Waals surface area contributed by atoms with E-state index in [1.165, 1.54) is 16.7 Å². The van der Waals surface area contributed by atoms with Crippen molar-refractivity contribution in [3.63, 3.8) is 0 Å². The highest BCUT2D eigenvalue weighted by molar-refractivity contribution is 5.72. The second-order valence-corrected chi connectivity index (χ2v) is 3.74. The van der Waals surface area contributed by atoms with E-state index in [1.807, 2.05) is 13.0 Å². The Labute approximate surface area is 78.8 Å². The lowest BCUT2D eigenvalue weighted by molar-refractivity contribution is 0.520. The average Bonchev–Trinajstić information content (AvgIpc) is 2.58. The molecule has 1 nitrogen and oxygen atoms in total. The number of hydrogen-bond donors (Lipinski definition) is 0. The quantitative estimate of drug-likeness (QED) is 0.632. The summed E-state index contributed by atoms with van der Waals surface area (Å²) < 4.78 is 5.59. The molecule has 0 N–H and O–H groups in total. The fourth-order valence-corrected chi connectivity index (χ4v) is 1.80. The summed E-state index contributed by atoms with van der Waals surface area (Å²) in [7, 11) is 0. The minimum atomic E-state index is 0.986. The van der Waals surface area contributed by atoms with Crippen molar-refractivity contribution in [1.29, 1.82) is 0 Å². The predicted octanol–water partition coefficient (Wildman–Crippen LogP) is 3.71. The van der Waals surface area contributed by atoms with Gasteiger partial charge in [-0.3, -0.25) is 0 Å². The highest BCUT2D eigenvalue weighted by atomic mass is 16.3. The highest BCUT2D eigenvalue weighted by Gasteiger charge is 2.14. The summed E-state index contributed by atoms with van der Waals surface area (Å²) in [5, 5.41) is 0. The molecule has 0 amide bonds. The molecule has 1 heteroatoms. The molecule has 1 aliphatic rings. The third-order valence-electron chi connectivity index (χ3n) is 2.43. The first-order chi connectivity index (χ1) is 6.16. The second kappa shape index (κ2) is 2.91. The van der Waals surface area contributed by atoms with Gasteiger partial charge in [-0.05, 0) is 44.9 Å². The van der Waals surface area contributed by atoms with Crippen LogP contribution in [0.3, 0.4) is 0 Å². The molecule has 0 aromatic carbocycles. The van der Waals surface area contributed by atoms with Gasteiger partial charge in [-0.15, -0.1) is 0 Å². The molecule has 1 aliphatic carbocycles. The molecule has 0 spiro atoms. The van der Waals surface area contributed by atoms with E-state index in [1.54, 1.807) is 0 Å². The van der Waals surface area contributed by atoms with Crippen LogP contribution in [-0.2, 0) is 0 Å². The number of allylic oxidation sites excluding steroid dienone is 4. The van der Waals surface area contributed by atoms with Crippen molar-refractivity contribution in [3.05, 3.63) is 40.9 Å². The van der Waals surface area contributed by atoms with E-state index >= 15 is 0 Å². The van der Waals surface area contributed by atoms with Crippen molar-refractivity contribution in [2.45, 2.75) is 27.2 Å². The Balaban J connectivity index is 2.35. The standard InChI is InChI=1S/C12H14O/c1-8-6-9(2)11(7-8)12-5-4-10(3)13-12/h4-6H,7H2,1-3H3. The van der Waals surface area contributed by atoms with Crippen LogP contribution in [0.1, 0.15) is 31.8 Å². The van der Waals surface area contributed by atoms with Crippen LogP contribution in [0.25, 0.3) is 5.57 Å². The number of rotatable bonds is 1. The molecule has 1 aromatic heterocycles. The van der Waals surface area contributed by atoms with E-state index in [2.05, 4.69) is 26.0 Å². The molecule has 0 atom stereocenters. The van der Waals surface area contributed by atoms with Gasteiger partial charge in [0.2, 0.25) is 0 Å². The molecule has 0 unspecified atom stereocenters. The van der Waals surface area contributed by atoms with Gasteiger partial charge >= 0.3 is 0 Å². The fraction of sp³-hybridized carbons (Fsp3) is 0.333. The van der Waals surface area contributed by atoms with Crippen LogP contribution in [0, 0.1) is 6.92 Å². The smallest absolute Gasteiger partial charge is 0.130 e. The lowest BCUT2D eigenvalue weighted by Crippen LogP contribution is -1.79. The Morgan fingerprint density at radius 2 is 1.92 bits per heavy atom. The van der Waals surface area contributed by atoms with Gasteiger partial charge in [-0.25, -0.2) is 0 Å². The summed E-state index contributed by atoms with van der Waals surface area (Å²) in [5.41, 5.74) is 4.10. The molecular formula is C12H14O. The predicted molar refractivity (Wildman–Crippen MR) is 54.4 cm³/mol. The van der Waals surface area contributed by atoms with Crippen LogP contribution >= 0.6 is 0 Å². The van der Waals surface area contributed by atoms with Gasteiger partial charge in [0.05, 0.1) is 0 Å². The summed E-state index contributed by atoms with van der Waals surface area (Å²) in [6.07, 6.45) is 3.27. The Kier molecular flexibility index (Phi) is 1.87. The molecule has 0 fully saturated rings. The average molecular weight is 174 g/mol. The van der Waals surface area contributed by atoms with Crippen molar-refractivity contribution in [3.8, 4) is 0 Å². The maximum atomic E-state index is 5.59. The van der Waals surface area contributed by atoms with Crippen LogP contribution in [-0.4, -0.2) is 0 Å². The molecule has 0 aliphatic heterocycles. The maximum absolute atomic E-state index is 5.59. The number of aryl methyl sites for hydroxylation is 1. The zero-order valence-electron chi connectivity index (χ0n) is 8.35. The summed E-state index contributed by atoms with van der Waals surface area (Å²) in [6.45, 7) is 6.28. The Hall–Kier alpha value is -1.24. The summed E-state index contributed by atoms with van der Waals surface area (Å²) in [5.74, 6) is 2.02. The molecule has 68 valence electrons. The molecule has 0 saturated heterocycles. The Bertz CT molecular complexity index is 391. The van der Waals surface area contributed by atoms with Gasteiger partial charge in [0, 0.05) is 5.57 Å². The molecule has 1 heterocycles. The number of hydrogen-bond acceptors (Lipinski definition) is 1. The lowest BCUT2D eigenvalue weighted by Gasteiger charge is -1.99. The van der Waals surface area contributed by atoms with Gasteiger partial charge in [-0.2, -0.15) is 0 Å². The van der Waals surface area contributed by atoms with Crippen molar-refractivity contribution in [1.82, 2.24) is 0 Å². The molecule has 0 radical (unpaired) electrons. The molecule has 2 rings (SSSR count). The van der Waals surface area contributed by atoms with Crippen LogP contribution in [0.4, 0.5) is 0 Å². The Morgan fingerprint density at radius 1 is 1.15 bits per heavy atom. The summed E-state index contributed by atoms with van der Waals surface area (Å²) in [4.78, 5) is 0. The first-order valence-electron chi connectivity index (χ1n) is 4.60. The first kappa shape index (κ1) is 8.36. The minimum Gasteiger partial charge on any atom is -0.462 e. The normalized spacial score (nSPS) is 16.7. The first-order valence-corrected chi connectivity index (χ1v) is 4.60. The summed E-state index contributed by atoms with van der Waals surface area (Å²) in [6, 6.07) is 4.07. The van der Waals surface area contributed by atoms with E-state index in [0.29, 0.717) is 0 Å². The van der Waals surface area contributed by atoms with Crippen LogP contribution in [0.15, 0.2) is 33.8 Å². The molecular weight excluding hydrogens is 160 g/mol. The van der Waals surface area contributed by atoms with Gasteiger partial charge in [0.25, 0.3) is 0 Å². The zero-order valence-corrected chi connectivity index (χ0v) is 8.35. The van der Waals surface area contributed by atoms with E-state index < -0.39 is 0 Å². The molecule has 1 aromatic rings. The molecule has 0 saturated carbocycles. The zero-order chi connectivity index (χ0) is 9.42. The van der Waals surface area contributed by atoms with Gasteiger partial charge < -0.3 is 4.42 Å². The third-order valence-corrected chi connectivity index (χ3v) is 2.43. The highest BCUT2D eigenvalue weighted by Crippen LogP contribution is 2.33. The van der Waals surface area contributed by atoms with Gasteiger partial charge in [0.15, 0.2) is 0 Å². The minimum absolute atomic E-state index is 0.986. The van der Waals surface area contributed by atoms with Crippen molar-refractivity contribution < 1.29 is 4.42 Å². The molecule has 13 heavy (non-hydrogen) atoms. The topological polar surface area (TPSA) is 13.1 Å². The number of furan rings is 1. The largest absolute Gasteiger partial charge is 0.462 e. The SMILES string of the molecule is CC1=CC(C)=C(c2ccc(C)o2)C1. The lowest BCUT2D eigenvalue weighted by atomic mass is 10.1. The van der Waals surface area contributed by atoms with Crippen molar-refractivity contribution in [2.24, 2.45) is 0 Å². The van der Waals surface area contributed by atoms with Gasteiger partial charge in [-0.1, -0.05) is 11.6 Å². The molecule has 0 bridgehead atoms. The van der Waals surface area contributed by atoms with E-state index in [9.17, 15) is 0 Å². The third kappa shape index (κ3) is 1.46. The summed E-state index contributed by atoms with van der Waals surface area (Å²) >= 11 is 0. The van der Waals surface area contributed by atoms with Crippen molar-refractivity contribution in [2.75, 3.05) is 0 Å². The monoisotopic (exact) mass is 174 g/mol. The van der Waals surface area contributed by atoms with Crippen LogP contribution in [0.2, 0.25) is 0 Å². The fourth-order valence-electron chi connectivity index (χ4n) is 1.80. The van der Waals surface area contributed by atoms with Crippen LogP contribution < -0.4 is 0 Å². The van der Waals surface area contributed by atoms with E-state index in [0.717, 1.165) is 17.9 Å². The maximum Gasteiger partial charge on any atom is 0.130 e. The van der Waals surface area contributed by atoms with E-state index in [-0.39, 0.29) is 0 Å². The van der Waals surface area contributed by atoms with Crippen molar-refractivity contribution >= 4 is 5.57 Å². The Morgan fingerprint density at radius 3 is 2.38 bits per heavy atom. The second-order valence-electron chi connectivity index (χ2n) is 3.74. The van der Waals surface area contributed by atoms with Crippen LogP contribution in [0.5, 0.6) is 0 Å². The van der Waals surface area contributed by atoms with E-state index in [4.69, 9.17) is 4.42 Å². The van der Waals surface area contributed by atoms with Gasteiger partial charge in [0.1, 0.15) is 11.5 Å².